The lowest BCUT2D eigenvalue weighted by Gasteiger charge is -2.46. The SMILES string of the molecule is Cc1cc2c3c(c1)N(c1c(C)cc(C(C)(C)C)cc1C)c1ccc(-c4csc5ccccc45)cc1B3c1cc(-c3csc4ccccc34)ccc1N2c1c(C)cc(C(C)(C)C)cc1C. The highest BCUT2D eigenvalue weighted by Gasteiger charge is 2.45. The van der Waals surface area contributed by atoms with Crippen LogP contribution in [0.15, 0.2) is 132 Å². The fourth-order valence-corrected chi connectivity index (χ4v) is 12.8. The van der Waals surface area contributed by atoms with Crippen LogP contribution in [0.5, 0.6) is 0 Å². The van der Waals surface area contributed by atoms with Crippen molar-refractivity contribution in [3.63, 3.8) is 0 Å². The zero-order chi connectivity index (χ0) is 44.6. The van der Waals surface area contributed by atoms with Gasteiger partial charge in [-0.3, -0.25) is 0 Å². The molecule has 5 heteroatoms. The molecule has 2 aliphatic rings. The Kier molecular flexibility index (Phi) is 9.31. The van der Waals surface area contributed by atoms with Gasteiger partial charge in [0, 0.05) is 54.0 Å². The number of thiophene rings is 2. The number of aryl methyl sites for hydroxylation is 5. The summed E-state index contributed by atoms with van der Waals surface area (Å²) >= 11 is 3.68. The largest absolute Gasteiger partial charge is 0.311 e. The number of benzene rings is 7. The molecule has 64 heavy (non-hydrogen) atoms. The van der Waals surface area contributed by atoms with Crippen molar-refractivity contribution in [2.45, 2.75) is 87.0 Å². The summed E-state index contributed by atoms with van der Waals surface area (Å²) in [4.78, 5) is 5.26. The quantitative estimate of drug-likeness (QED) is 0.163. The summed E-state index contributed by atoms with van der Waals surface area (Å²) < 4.78 is 2.64. The van der Waals surface area contributed by atoms with E-state index < -0.39 is 0 Å². The lowest BCUT2D eigenvalue weighted by atomic mass is 9.33. The molecule has 0 amide bonds. The maximum atomic E-state index is 2.63. The molecule has 0 spiro atoms. The Labute approximate surface area is 387 Å². The van der Waals surface area contributed by atoms with E-state index in [-0.39, 0.29) is 17.5 Å². The minimum absolute atomic E-state index is 0.0123. The first-order valence-corrected chi connectivity index (χ1v) is 24.5. The summed E-state index contributed by atoms with van der Waals surface area (Å²) in [5, 5.41) is 7.34. The first-order chi connectivity index (χ1) is 30.6. The maximum absolute atomic E-state index is 2.63. The average molecular weight is 867 g/mol. The second kappa shape index (κ2) is 14.6. The van der Waals surface area contributed by atoms with E-state index in [4.69, 9.17) is 0 Å². The minimum Gasteiger partial charge on any atom is -0.311 e. The highest BCUT2D eigenvalue weighted by Crippen LogP contribution is 2.49. The molecule has 0 fully saturated rings. The van der Waals surface area contributed by atoms with Gasteiger partial charge in [-0.25, -0.2) is 0 Å². The van der Waals surface area contributed by atoms with Gasteiger partial charge in [-0.1, -0.05) is 126 Å². The smallest absolute Gasteiger partial charge is 0.252 e. The Morgan fingerprint density at radius 3 is 1.22 bits per heavy atom. The van der Waals surface area contributed by atoms with Gasteiger partial charge < -0.3 is 9.80 Å². The molecule has 2 aromatic heterocycles. The molecule has 0 N–H and O–H groups in total. The number of hydrogen-bond donors (Lipinski definition) is 0. The standard InChI is InChI=1S/C59H55BN2S2/c1-34-24-51-55-52(25-34)62(57-37(4)28-42(29-38(57)5)59(9,10)11)50-23-21-40(46-33-64-54-19-15-13-17-44(46)54)31-48(50)60(55)47-30-39(45-32-63-53-18-14-12-16-43(45)53)20-22-49(47)61(51)56-35(2)26-41(27-36(56)3)58(6,7)8/h12-33H,1-11H3. The predicted octanol–water partition coefficient (Wildman–Crippen LogP) is 15.7. The van der Waals surface area contributed by atoms with Gasteiger partial charge in [-0.05, 0) is 159 Å². The van der Waals surface area contributed by atoms with Crippen molar-refractivity contribution in [2.24, 2.45) is 0 Å². The third-order valence-electron chi connectivity index (χ3n) is 14.0. The second-order valence-corrected chi connectivity index (χ2v) is 22.4. The average Bonchev–Trinajstić information content (AvgIpc) is 3.88. The summed E-state index contributed by atoms with van der Waals surface area (Å²) in [5.74, 6) is 0. The van der Waals surface area contributed by atoms with Gasteiger partial charge in [0.1, 0.15) is 0 Å². The Bertz CT molecular complexity index is 3120. The van der Waals surface area contributed by atoms with Crippen LogP contribution in [-0.2, 0) is 10.8 Å². The molecule has 2 aliphatic heterocycles. The third-order valence-corrected chi connectivity index (χ3v) is 15.9. The lowest BCUT2D eigenvalue weighted by Crippen LogP contribution is -2.61. The molecule has 0 atom stereocenters. The number of hydrogen-bond acceptors (Lipinski definition) is 4. The highest BCUT2D eigenvalue weighted by atomic mass is 32.1. The fraction of sp³-hybridized carbons (Fsp3) is 0.220. The summed E-state index contributed by atoms with van der Waals surface area (Å²) in [6.45, 7) is 25.5. The zero-order valence-electron chi connectivity index (χ0n) is 39.0. The van der Waals surface area contributed by atoms with E-state index in [1.165, 1.54) is 132 Å². The van der Waals surface area contributed by atoms with Crippen LogP contribution in [0.2, 0.25) is 0 Å². The van der Waals surface area contributed by atoms with Gasteiger partial charge in [0.15, 0.2) is 0 Å². The summed E-state index contributed by atoms with van der Waals surface area (Å²) in [7, 11) is 0. The van der Waals surface area contributed by atoms with Gasteiger partial charge in [-0.2, -0.15) is 0 Å². The van der Waals surface area contributed by atoms with Gasteiger partial charge in [-0.15, -0.1) is 22.7 Å². The van der Waals surface area contributed by atoms with Crippen molar-refractivity contribution in [1.29, 1.82) is 0 Å². The summed E-state index contributed by atoms with van der Waals surface area (Å²) in [6.07, 6.45) is 0. The van der Waals surface area contributed by atoms with E-state index in [0.29, 0.717) is 0 Å². The molecular weight excluding hydrogens is 812 g/mol. The predicted molar refractivity (Wildman–Crippen MR) is 283 cm³/mol. The van der Waals surface area contributed by atoms with Crippen molar-refractivity contribution >= 4 is 100 Å². The van der Waals surface area contributed by atoms with E-state index in [2.05, 4.69) is 218 Å². The van der Waals surface area contributed by atoms with Crippen LogP contribution in [0.25, 0.3) is 42.4 Å². The van der Waals surface area contributed by atoms with Crippen LogP contribution < -0.4 is 26.2 Å². The monoisotopic (exact) mass is 866 g/mol. The first kappa shape index (κ1) is 40.9. The Hall–Kier alpha value is -5.88. The molecule has 0 bridgehead atoms. The molecule has 7 aromatic carbocycles. The van der Waals surface area contributed by atoms with Crippen LogP contribution in [0.3, 0.4) is 0 Å². The van der Waals surface area contributed by atoms with Crippen LogP contribution in [0.1, 0.15) is 80.5 Å². The number of fused-ring (bicyclic) bond motifs is 6. The van der Waals surface area contributed by atoms with Gasteiger partial charge >= 0.3 is 0 Å². The summed E-state index contributed by atoms with van der Waals surface area (Å²) in [6, 6.07) is 47.1. The number of rotatable bonds is 4. The van der Waals surface area contributed by atoms with Gasteiger partial charge in [0.25, 0.3) is 6.71 Å². The van der Waals surface area contributed by atoms with E-state index >= 15 is 0 Å². The molecule has 0 saturated carbocycles. The minimum atomic E-state index is -0.0123. The van der Waals surface area contributed by atoms with E-state index in [0.717, 1.165) is 0 Å². The number of anilines is 6. The Balaban J connectivity index is 1.25. The zero-order valence-corrected chi connectivity index (χ0v) is 40.6. The molecular formula is C59H55BN2S2. The van der Waals surface area contributed by atoms with Crippen LogP contribution in [-0.4, -0.2) is 6.71 Å². The molecule has 0 unspecified atom stereocenters. The van der Waals surface area contributed by atoms with Gasteiger partial charge in [0.2, 0.25) is 0 Å². The number of nitrogens with zero attached hydrogens (tertiary/aromatic N) is 2. The van der Waals surface area contributed by atoms with E-state index in [1.54, 1.807) is 0 Å². The van der Waals surface area contributed by atoms with Crippen LogP contribution in [0, 0.1) is 34.6 Å². The van der Waals surface area contributed by atoms with Crippen molar-refractivity contribution in [3.8, 4) is 22.3 Å². The molecule has 9 aromatic rings. The molecule has 0 aliphatic carbocycles. The van der Waals surface area contributed by atoms with Crippen molar-refractivity contribution in [2.75, 3.05) is 9.80 Å². The normalized spacial score (nSPS) is 13.5. The molecule has 11 rings (SSSR count). The molecule has 2 nitrogen and oxygen atoms in total. The molecule has 0 saturated heterocycles. The van der Waals surface area contributed by atoms with Crippen LogP contribution in [0.4, 0.5) is 34.1 Å². The highest BCUT2D eigenvalue weighted by molar-refractivity contribution is 7.18. The van der Waals surface area contributed by atoms with Crippen molar-refractivity contribution in [3.05, 3.63) is 171 Å². The van der Waals surface area contributed by atoms with E-state index in [1.807, 2.05) is 22.7 Å². The van der Waals surface area contributed by atoms with Crippen molar-refractivity contribution in [1.82, 2.24) is 0 Å². The van der Waals surface area contributed by atoms with Crippen LogP contribution >= 0.6 is 22.7 Å². The Morgan fingerprint density at radius 1 is 0.438 bits per heavy atom. The van der Waals surface area contributed by atoms with Gasteiger partial charge in [0.05, 0.1) is 11.4 Å². The second-order valence-electron chi connectivity index (χ2n) is 20.6. The van der Waals surface area contributed by atoms with E-state index in [9.17, 15) is 0 Å². The molecule has 316 valence electrons. The maximum Gasteiger partial charge on any atom is 0.252 e. The molecule has 4 heterocycles. The lowest BCUT2D eigenvalue weighted by molar-refractivity contribution is 0.589. The fourth-order valence-electron chi connectivity index (χ4n) is 10.8. The summed E-state index contributed by atoms with van der Waals surface area (Å²) in [5.41, 5.74) is 26.0. The van der Waals surface area contributed by atoms with Crippen molar-refractivity contribution < 1.29 is 0 Å². The first-order valence-electron chi connectivity index (χ1n) is 22.8. The molecule has 0 radical (unpaired) electrons. The topological polar surface area (TPSA) is 6.48 Å². The third kappa shape index (κ3) is 6.33. The Morgan fingerprint density at radius 2 is 0.828 bits per heavy atom.